The van der Waals surface area contributed by atoms with Crippen molar-refractivity contribution in [2.45, 2.75) is 20.3 Å². The average molecular weight is 272 g/mol. The zero-order valence-electron chi connectivity index (χ0n) is 11.9. The van der Waals surface area contributed by atoms with E-state index in [0.717, 1.165) is 16.7 Å². The molecule has 3 heteroatoms. The van der Waals surface area contributed by atoms with Gasteiger partial charge in [-0.05, 0) is 42.7 Å². The molecule has 0 saturated heterocycles. The fourth-order valence-corrected chi connectivity index (χ4v) is 2.23. The van der Waals surface area contributed by atoms with Crippen LogP contribution < -0.4 is 4.74 Å². The summed E-state index contributed by atoms with van der Waals surface area (Å²) in [6.07, 6.45) is 0.210. The van der Waals surface area contributed by atoms with Gasteiger partial charge in [-0.3, -0.25) is 4.79 Å². The largest absolute Gasteiger partial charge is 0.497 e. The van der Waals surface area contributed by atoms with Crippen LogP contribution in [0.3, 0.4) is 0 Å². The molecule has 0 heterocycles. The van der Waals surface area contributed by atoms with Crippen LogP contribution in [0.4, 0.5) is 4.39 Å². The number of aryl methyl sites for hydroxylation is 2. The van der Waals surface area contributed by atoms with E-state index in [1.807, 2.05) is 32.0 Å². The maximum atomic E-state index is 13.9. The van der Waals surface area contributed by atoms with Crippen LogP contribution in [0.15, 0.2) is 36.4 Å². The van der Waals surface area contributed by atoms with Gasteiger partial charge in [-0.25, -0.2) is 4.39 Å². The first-order valence-electron chi connectivity index (χ1n) is 6.44. The molecule has 0 aliphatic rings. The van der Waals surface area contributed by atoms with Crippen LogP contribution in [0, 0.1) is 19.7 Å². The standard InChI is InChI=1S/C17H17FO2/c1-11-5-4-6-12(2)15(11)10-17(19)14-8-7-13(20-3)9-16(14)18/h4-9H,10H2,1-3H3. The van der Waals surface area contributed by atoms with Crippen molar-refractivity contribution in [3.05, 3.63) is 64.5 Å². The Morgan fingerprint density at radius 3 is 2.35 bits per heavy atom. The summed E-state index contributed by atoms with van der Waals surface area (Å²) in [7, 11) is 1.47. The maximum absolute atomic E-state index is 13.9. The van der Waals surface area contributed by atoms with E-state index in [1.54, 1.807) is 6.07 Å². The van der Waals surface area contributed by atoms with Crippen molar-refractivity contribution >= 4 is 5.78 Å². The van der Waals surface area contributed by atoms with Crippen molar-refractivity contribution in [3.8, 4) is 5.75 Å². The molecule has 0 aliphatic carbocycles. The number of rotatable bonds is 4. The minimum atomic E-state index is -0.541. The molecular formula is C17H17FO2. The predicted molar refractivity (Wildman–Crippen MR) is 76.9 cm³/mol. The van der Waals surface area contributed by atoms with E-state index >= 15 is 0 Å². The number of ether oxygens (including phenoxy) is 1. The SMILES string of the molecule is COc1ccc(C(=O)Cc2c(C)cccc2C)c(F)c1. The van der Waals surface area contributed by atoms with Gasteiger partial charge in [-0.1, -0.05) is 18.2 Å². The Hall–Kier alpha value is -2.16. The summed E-state index contributed by atoms with van der Waals surface area (Å²) in [6, 6.07) is 10.2. The van der Waals surface area contributed by atoms with Gasteiger partial charge in [0.1, 0.15) is 11.6 Å². The minimum Gasteiger partial charge on any atom is -0.497 e. The second kappa shape index (κ2) is 5.87. The van der Waals surface area contributed by atoms with E-state index in [9.17, 15) is 9.18 Å². The van der Waals surface area contributed by atoms with Crippen LogP contribution in [0.5, 0.6) is 5.75 Å². The highest BCUT2D eigenvalue weighted by Gasteiger charge is 2.15. The average Bonchev–Trinajstić information content (AvgIpc) is 2.42. The Labute approximate surface area is 118 Å². The molecule has 0 saturated carbocycles. The summed E-state index contributed by atoms with van der Waals surface area (Å²) < 4.78 is 18.8. The van der Waals surface area contributed by atoms with Crippen molar-refractivity contribution in [3.63, 3.8) is 0 Å². The van der Waals surface area contributed by atoms with E-state index in [4.69, 9.17) is 4.74 Å². The van der Waals surface area contributed by atoms with E-state index in [0.29, 0.717) is 5.75 Å². The monoisotopic (exact) mass is 272 g/mol. The van der Waals surface area contributed by atoms with Crippen LogP contribution in [-0.2, 0) is 6.42 Å². The molecule has 2 nitrogen and oxygen atoms in total. The first-order chi connectivity index (χ1) is 9.52. The minimum absolute atomic E-state index is 0.105. The molecule has 0 aliphatic heterocycles. The molecule has 2 rings (SSSR count). The lowest BCUT2D eigenvalue weighted by Gasteiger charge is -2.10. The zero-order chi connectivity index (χ0) is 14.7. The van der Waals surface area contributed by atoms with Crippen LogP contribution in [0.25, 0.3) is 0 Å². The van der Waals surface area contributed by atoms with Gasteiger partial charge in [0, 0.05) is 12.5 Å². The normalized spacial score (nSPS) is 10.4. The summed E-state index contributed by atoms with van der Waals surface area (Å²) in [5.41, 5.74) is 3.17. The molecule has 0 atom stereocenters. The molecule has 2 aromatic carbocycles. The van der Waals surface area contributed by atoms with Gasteiger partial charge >= 0.3 is 0 Å². The highest BCUT2D eigenvalue weighted by atomic mass is 19.1. The van der Waals surface area contributed by atoms with E-state index < -0.39 is 5.82 Å². The third kappa shape index (κ3) is 2.87. The first-order valence-corrected chi connectivity index (χ1v) is 6.44. The molecule has 0 unspecified atom stereocenters. The summed E-state index contributed by atoms with van der Waals surface area (Å²) >= 11 is 0. The number of Topliss-reactive ketones (excluding diaryl/α,β-unsaturated/α-hetero) is 1. The Morgan fingerprint density at radius 2 is 1.80 bits per heavy atom. The smallest absolute Gasteiger partial charge is 0.170 e. The summed E-state index contributed by atoms with van der Waals surface area (Å²) in [5, 5.41) is 0. The van der Waals surface area contributed by atoms with Crippen LogP contribution in [0.2, 0.25) is 0 Å². The highest BCUT2D eigenvalue weighted by molar-refractivity contribution is 5.98. The summed E-state index contributed by atoms with van der Waals surface area (Å²) in [5.74, 6) is -0.353. The van der Waals surface area contributed by atoms with E-state index in [-0.39, 0.29) is 17.8 Å². The third-order valence-corrected chi connectivity index (χ3v) is 3.46. The van der Waals surface area contributed by atoms with Crippen molar-refractivity contribution in [1.82, 2.24) is 0 Å². The molecule has 0 fully saturated rings. The summed E-state index contributed by atoms with van der Waals surface area (Å²) in [4.78, 5) is 12.3. The van der Waals surface area contributed by atoms with Gasteiger partial charge in [0.2, 0.25) is 0 Å². The van der Waals surface area contributed by atoms with Gasteiger partial charge in [-0.15, -0.1) is 0 Å². The molecule has 0 radical (unpaired) electrons. The number of hydrogen-bond acceptors (Lipinski definition) is 2. The topological polar surface area (TPSA) is 26.3 Å². The van der Waals surface area contributed by atoms with E-state index in [2.05, 4.69) is 0 Å². The maximum Gasteiger partial charge on any atom is 0.170 e. The lowest BCUT2D eigenvalue weighted by molar-refractivity contribution is 0.0988. The number of benzene rings is 2. The zero-order valence-corrected chi connectivity index (χ0v) is 11.9. The number of methoxy groups -OCH3 is 1. The Kier molecular flexibility index (Phi) is 4.18. The number of carbonyl (C=O) groups excluding carboxylic acids is 1. The van der Waals surface area contributed by atoms with Crippen molar-refractivity contribution in [2.75, 3.05) is 7.11 Å². The van der Waals surface area contributed by atoms with Gasteiger partial charge < -0.3 is 4.74 Å². The van der Waals surface area contributed by atoms with Gasteiger partial charge in [0.05, 0.1) is 12.7 Å². The van der Waals surface area contributed by atoms with E-state index in [1.165, 1.54) is 19.2 Å². The van der Waals surface area contributed by atoms with Crippen molar-refractivity contribution < 1.29 is 13.9 Å². The van der Waals surface area contributed by atoms with Crippen LogP contribution in [-0.4, -0.2) is 12.9 Å². The lowest BCUT2D eigenvalue weighted by Crippen LogP contribution is -2.08. The predicted octanol–water partition coefficient (Wildman–Crippen LogP) is 3.88. The van der Waals surface area contributed by atoms with Crippen molar-refractivity contribution in [2.24, 2.45) is 0 Å². The molecule has 104 valence electrons. The number of ketones is 1. The van der Waals surface area contributed by atoms with Crippen molar-refractivity contribution in [1.29, 1.82) is 0 Å². The highest BCUT2D eigenvalue weighted by Crippen LogP contribution is 2.20. The lowest BCUT2D eigenvalue weighted by atomic mass is 9.95. The molecule has 0 N–H and O–H groups in total. The summed E-state index contributed by atoms with van der Waals surface area (Å²) in [6.45, 7) is 3.92. The molecule has 0 aromatic heterocycles. The second-order valence-corrected chi connectivity index (χ2v) is 4.82. The van der Waals surface area contributed by atoms with Gasteiger partial charge in [0.25, 0.3) is 0 Å². The van der Waals surface area contributed by atoms with Gasteiger partial charge in [0.15, 0.2) is 5.78 Å². The Bertz CT molecular complexity index is 627. The fraction of sp³-hybridized carbons (Fsp3) is 0.235. The molecule has 2 aromatic rings. The molecule has 0 spiro atoms. The molecular weight excluding hydrogens is 255 g/mol. The molecule has 20 heavy (non-hydrogen) atoms. The van der Waals surface area contributed by atoms with Gasteiger partial charge in [-0.2, -0.15) is 0 Å². The first kappa shape index (κ1) is 14.3. The molecule has 0 bridgehead atoms. The van der Waals surface area contributed by atoms with Crippen LogP contribution >= 0.6 is 0 Å². The fourth-order valence-electron chi connectivity index (χ4n) is 2.23. The quantitative estimate of drug-likeness (QED) is 0.790. The Balaban J connectivity index is 2.29. The number of hydrogen-bond donors (Lipinski definition) is 0. The third-order valence-electron chi connectivity index (χ3n) is 3.46. The number of carbonyl (C=O) groups is 1. The second-order valence-electron chi connectivity index (χ2n) is 4.82. The number of halogens is 1. The van der Waals surface area contributed by atoms with Crippen LogP contribution in [0.1, 0.15) is 27.0 Å². The molecule has 0 amide bonds. The Morgan fingerprint density at radius 1 is 1.15 bits per heavy atom.